The number of halogens is 1. The molecule has 0 unspecified atom stereocenters. The summed E-state index contributed by atoms with van der Waals surface area (Å²) in [4.78, 5) is 13.1. The summed E-state index contributed by atoms with van der Waals surface area (Å²) >= 11 is 5.69. The van der Waals surface area contributed by atoms with Crippen LogP contribution in [-0.2, 0) is 11.2 Å². The molecule has 0 fully saturated rings. The molecule has 1 N–H and O–H groups in total. The Bertz CT molecular complexity index is 378. The minimum absolute atomic E-state index is 0.0725. The normalized spacial score (nSPS) is 14.4. The summed E-state index contributed by atoms with van der Waals surface area (Å²) in [5.74, 6) is 0.0725. The van der Waals surface area contributed by atoms with E-state index in [-0.39, 0.29) is 11.9 Å². The van der Waals surface area contributed by atoms with Crippen molar-refractivity contribution in [2.75, 3.05) is 23.3 Å². The molecule has 1 heterocycles. The Hall–Kier alpha value is -1.22. The van der Waals surface area contributed by atoms with Gasteiger partial charge in [0, 0.05) is 18.4 Å². The van der Waals surface area contributed by atoms with Crippen LogP contribution in [0.1, 0.15) is 5.56 Å². The van der Waals surface area contributed by atoms with E-state index >= 15 is 0 Å². The van der Waals surface area contributed by atoms with Gasteiger partial charge in [-0.1, -0.05) is 0 Å². The Morgan fingerprint density at radius 1 is 1.57 bits per heavy atom. The van der Waals surface area contributed by atoms with Gasteiger partial charge in [-0.2, -0.15) is 0 Å². The van der Waals surface area contributed by atoms with Crippen molar-refractivity contribution in [2.24, 2.45) is 0 Å². The zero-order chi connectivity index (χ0) is 10.1. The molecule has 0 bridgehead atoms. The van der Waals surface area contributed by atoms with Gasteiger partial charge in [0.25, 0.3) is 0 Å². The summed E-state index contributed by atoms with van der Waals surface area (Å²) in [6.45, 7) is 0. The van der Waals surface area contributed by atoms with Gasteiger partial charge < -0.3 is 5.32 Å². The third kappa shape index (κ3) is 1.34. The van der Waals surface area contributed by atoms with Crippen LogP contribution in [0.2, 0.25) is 0 Å². The van der Waals surface area contributed by atoms with E-state index in [1.54, 1.807) is 4.90 Å². The number of hydrogen-bond acceptors (Lipinski definition) is 2. The molecule has 0 aliphatic carbocycles. The molecule has 74 valence electrons. The molecular weight excluding hydrogens is 200 g/mol. The fourth-order valence-electron chi connectivity index (χ4n) is 1.67. The van der Waals surface area contributed by atoms with Crippen molar-refractivity contribution in [1.82, 2.24) is 0 Å². The lowest BCUT2D eigenvalue weighted by molar-refractivity contribution is -0.117. The van der Waals surface area contributed by atoms with Crippen LogP contribution < -0.4 is 10.2 Å². The van der Waals surface area contributed by atoms with Crippen LogP contribution >= 0.6 is 11.6 Å². The van der Waals surface area contributed by atoms with Gasteiger partial charge in [0.05, 0.1) is 6.42 Å². The van der Waals surface area contributed by atoms with Crippen LogP contribution in [0.25, 0.3) is 0 Å². The van der Waals surface area contributed by atoms with E-state index in [4.69, 9.17) is 11.6 Å². The van der Waals surface area contributed by atoms with E-state index in [1.165, 1.54) is 0 Å². The molecule has 0 spiro atoms. The SMILES string of the molecule is CNc1ccc2c(c1)CC(=O)N2CCl. The van der Waals surface area contributed by atoms with E-state index in [2.05, 4.69) is 5.32 Å². The fraction of sp³-hybridized carbons (Fsp3) is 0.300. The van der Waals surface area contributed by atoms with Crippen molar-refractivity contribution in [3.63, 3.8) is 0 Å². The number of rotatable bonds is 2. The summed E-state index contributed by atoms with van der Waals surface area (Å²) in [6, 6.07) is 6.08. The molecular formula is C10H11ClN2O. The number of benzene rings is 1. The van der Waals surface area contributed by atoms with Crippen LogP contribution in [0.4, 0.5) is 11.4 Å². The fourth-order valence-corrected chi connectivity index (χ4v) is 1.93. The lowest BCUT2D eigenvalue weighted by Gasteiger charge is -2.13. The maximum absolute atomic E-state index is 11.5. The summed E-state index contributed by atoms with van der Waals surface area (Å²) in [7, 11) is 1.86. The lowest BCUT2D eigenvalue weighted by Crippen LogP contribution is -2.24. The average molecular weight is 211 g/mol. The van der Waals surface area contributed by atoms with Crippen LogP contribution in [-0.4, -0.2) is 19.0 Å². The topological polar surface area (TPSA) is 32.3 Å². The maximum atomic E-state index is 11.5. The molecule has 1 amide bonds. The quantitative estimate of drug-likeness (QED) is 0.597. The summed E-state index contributed by atoms with van der Waals surface area (Å²) < 4.78 is 0. The van der Waals surface area contributed by atoms with E-state index in [0.29, 0.717) is 6.42 Å². The summed E-state index contributed by atoms with van der Waals surface area (Å²) in [5, 5.41) is 3.04. The van der Waals surface area contributed by atoms with Gasteiger partial charge in [-0.05, 0) is 23.8 Å². The molecule has 1 aliphatic heterocycles. The number of amides is 1. The van der Waals surface area contributed by atoms with Crippen molar-refractivity contribution >= 4 is 28.9 Å². The van der Waals surface area contributed by atoms with E-state index < -0.39 is 0 Å². The number of nitrogens with zero attached hydrogens (tertiary/aromatic N) is 1. The van der Waals surface area contributed by atoms with Crippen molar-refractivity contribution in [3.8, 4) is 0 Å². The van der Waals surface area contributed by atoms with Crippen LogP contribution in [0.3, 0.4) is 0 Å². The van der Waals surface area contributed by atoms with Gasteiger partial charge in [-0.3, -0.25) is 9.69 Å². The predicted octanol–water partition coefficient (Wildman–Crippen LogP) is 1.81. The zero-order valence-electron chi connectivity index (χ0n) is 7.88. The van der Waals surface area contributed by atoms with E-state index in [9.17, 15) is 4.79 Å². The predicted molar refractivity (Wildman–Crippen MR) is 57.9 cm³/mol. The Labute approximate surface area is 87.7 Å². The molecule has 0 radical (unpaired) electrons. The van der Waals surface area contributed by atoms with Gasteiger partial charge >= 0.3 is 0 Å². The first-order valence-electron chi connectivity index (χ1n) is 4.43. The number of hydrogen-bond donors (Lipinski definition) is 1. The van der Waals surface area contributed by atoms with Crippen LogP contribution in [0, 0.1) is 0 Å². The van der Waals surface area contributed by atoms with Crippen molar-refractivity contribution in [3.05, 3.63) is 23.8 Å². The van der Waals surface area contributed by atoms with Gasteiger partial charge in [0.1, 0.15) is 6.00 Å². The van der Waals surface area contributed by atoms with E-state index in [0.717, 1.165) is 16.9 Å². The first-order valence-corrected chi connectivity index (χ1v) is 4.96. The van der Waals surface area contributed by atoms with Crippen molar-refractivity contribution < 1.29 is 4.79 Å². The van der Waals surface area contributed by atoms with Crippen LogP contribution in [0.5, 0.6) is 0 Å². The number of alkyl halides is 1. The Kier molecular flexibility index (Phi) is 2.33. The van der Waals surface area contributed by atoms with Crippen molar-refractivity contribution in [2.45, 2.75) is 6.42 Å². The molecule has 1 aromatic rings. The standard InChI is InChI=1S/C10H11ClN2O/c1-12-8-2-3-9-7(4-8)5-10(14)13(9)6-11/h2-4,12H,5-6H2,1H3. The summed E-state index contributed by atoms with van der Waals surface area (Å²) in [5.41, 5.74) is 3.00. The number of nitrogens with one attached hydrogen (secondary N) is 1. The minimum atomic E-state index is 0.0725. The van der Waals surface area contributed by atoms with Crippen molar-refractivity contribution in [1.29, 1.82) is 0 Å². The Morgan fingerprint density at radius 2 is 2.36 bits per heavy atom. The van der Waals surface area contributed by atoms with Gasteiger partial charge in [0.15, 0.2) is 0 Å². The average Bonchev–Trinajstić information content (AvgIpc) is 2.51. The van der Waals surface area contributed by atoms with Crippen LogP contribution in [0.15, 0.2) is 18.2 Å². The third-order valence-electron chi connectivity index (χ3n) is 2.42. The van der Waals surface area contributed by atoms with E-state index in [1.807, 2.05) is 25.2 Å². The highest BCUT2D eigenvalue weighted by Crippen LogP contribution is 2.31. The first-order chi connectivity index (χ1) is 6.76. The second-order valence-electron chi connectivity index (χ2n) is 3.21. The minimum Gasteiger partial charge on any atom is -0.388 e. The lowest BCUT2D eigenvalue weighted by atomic mass is 10.1. The summed E-state index contributed by atoms with van der Waals surface area (Å²) in [6.07, 6.45) is 0.456. The first kappa shape index (κ1) is 9.34. The monoisotopic (exact) mass is 210 g/mol. The second kappa shape index (κ2) is 3.50. The zero-order valence-corrected chi connectivity index (χ0v) is 8.64. The highest BCUT2D eigenvalue weighted by molar-refractivity contribution is 6.22. The smallest absolute Gasteiger partial charge is 0.232 e. The molecule has 2 rings (SSSR count). The highest BCUT2D eigenvalue weighted by Gasteiger charge is 2.26. The molecule has 0 atom stereocenters. The second-order valence-corrected chi connectivity index (χ2v) is 3.45. The molecule has 1 aromatic carbocycles. The highest BCUT2D eigenvalue weighted by atomic mass is 35.5. The molecule has 1 aliphatic rings. The number of fused-ring (bicyclic) bond motifs is 1. The molecule has 0 aromatic heterocycles. The third-order valence-corrected chi connectivity index (χ3v) is 2.66. The van der Waals surface area contributed by atoms with Gasteiger partial charge in [-0.25, -0.2) is 0 Å². The maximum Gasteiger partial charge on any atom is 0.232 e. The largest absolute Gasteiger partial charge is 0.388 e. The van der Waals surface area contributed by atoms with Gasteiger partial charge in [0.2, 0.25) is 5.91 Å². The number of anilines is 2. The Morgan fingerprint density at radius 3 is 3.00 bits per heavy atom. The van der Waals surface area contributed by atoms with Gasteiger partial charge in [-0.15, -0.1) is 11.6 Å². The molecule has 14 heavy (non-hydrogen) atoms. The molecule has 4 heteroatoms. The number of carbonyl (C=O) groups is 1. The molecule has 3 nitrogen and oxygen atoms in total. The Balaban J connectivity index is 2.42. The molecule has 0 saturated heterocycles. The molecule has 0 saturated carbocycles. The number of carbonyl (C=O) groups excluding carboxylic acids is 1.